The molecule has 0 saturated heterocycles. The molecule has 0 fully saturated rings. The second-order valence-corrected chi connectivity index (χ2v) is 7.42. The number of carbonyl (C=O) groups excluding carboxylic acids is 2. The van der Waals surface area contributed by atoms with Crippen molar-refractivity contribution in [3.05, 3.63) is 95.1 Å². The number of nitrogens with two attached hydrogens (primary N) is 1. The van der Waals surface area contributed by atoms with E-state index in [1.807, 2.05) is 92.0 Å². The molecule has 0 bridgehead atoms. The molecule has 0 unspecified atom stereocenters. The zero-order valence-electron chi connectivity index (χ0n) is 18.0. The van der Waals surface area contributed by atoms with Gasteiger partial charge in [0, 0.05) is 16.8 Å². The first-order chi connectivity index (χ1) is 15.0. The van der Waals surface area contributed by atoms with Crippen LogP contribution in [0.15, 0.2) is 72.8 Å². The van der Waals surface area contributed by atoms with Crippen LogP contribution < -0.4 is 20.7 Å². The van der Waals surface area contributed by atoms with Gasteiger partial charge in [0.15, 0.2) is 6.54 Å². The number of nitrogens with one attached hydrogen (secondary N) is 2. The summed E-state index contributed by atoms with van der Waals surface area (Å²) in [5.74, 6) is 0.410. The molecular weight excluding hydrogens is 390 g/mol. The Kier molecular flexibility index (Phi) is 7.40. The molecule has 3 rings (SSSR count). The summed E-state index contributed by atoms with van der Waals surface area (Å²) < 4.78 is 5.24. The SMILES string of the molecule is COc1ccc([C@@H]([NH2+]CC(=O)NC(=O)Nc2ccc(C)cc2C)c2ccccc2)cc1. The summed E-state index contributed by atoms with van der Waals surface area (Å²) >= 11 is 0. The van der Waals surface area contributed by atoms with Crippen LogP contribution in [0.3, 0.4) is 0 Å². The van der Waals surface area contributed by atoms with Gasteiger partial charge in [-0.15, -0.1) is 0 Å². The number of hydrogen-bond acceptors (Lipinski definition) is 3. The molecule has 3 amide bonds. The first-order valence-corrected chi connectivity index (χ1v) is 10.2. The number of quaternary nitrogens is 1. The van der Waals surface area contributed by atoms with E-state index in [0.29, 0.717) is 5.69 Å². The normalized spacial score (nSPS) is 11.5. The Morgan fingerprint density at radius 1 is 0.935 bits per heavy atom. The molecule has 6 heteroatoms. The lowest BCUT2D eigenvalue weighted by molar-refractivity contribution is -0.676. The van der Waals surface area contributed by atoms with Gasteiger partial charge in [0.2, 0.25) is 0 Å². The minimum absolute atomic E-state index is 0.0831. The van der Waals surface area contributed by atoms with Gasteiger partial charge < -0.3 is 15.4 Å². The maximum absolute atomic E-state index is 12.4. The maximum atomic E-state index is 12.4. The average molecular weight is 419 g/mol. The van der Waals surface area contributed by atoms with E-state index in [9.17, 15) is 9.59 Å². The minimum atomic E-state index is -0.536. The van der Waals surface area contributed by atoms with Crippen molar-refractivity contribution >= 4 is 17.6 Å². The molecule has 3 aromatic rings. The third kappa shape index (κ3) is 6.17. The predicted molar refractivity (Wildman–Crippen MR) is 121 cm³/mol. The first-order valence-electron chi connectivity index (χ1n) is 10.2. The molecule has 31 heavy (non-hydrogen) atoms. The van der Waals surface area contributed by atoms with Crippen molar-refractivity contribution in [2.75, 3.05) is 19.0 Å². The number of anilines is 1. The Morgan fingerprint density at radius 2 is 1.61 bits per heavy atom. The molecule has 1 atom stereocenters. The predicted octanol–water partition coefficient (Wildman–Crippen LogP) is 3.31. The van der Waals surface area contributed by atoms with Crippen LogP contribution in [0.1, 0.15) is 28.3 Å². The fourth-order valence-corrected chi connectivity index (χ4v) is 3.45. The van der Waals surface area contributed by atoms with Crippen LogP contribution in [0.25, 0.3) is 0 Å². The fourth-order valence-electron chi connectivity index (χ4n) is 3.45. The number of benzene rings is 3. The Labute approximate surface area is 182 Å². The Bertz CT molecular complexity index is 1030. The monoisotopic (exact) mass is 418 g/mol. The number of methoxy groups -OCH3 is 1. The van der Waals surface area contributed by atoms with Crippen LogP contribution in [0.4, 0.5) is 10.5 Å². The third-order valence-electron chi connectivity index (χ3n) is 5.06. The molecule has 0 spiro atoms. The van der Waals surface area contributed by atoms with E-state index in [1.54, 1.807) is 7.11 Å². The Hall–Kier alpha value is -3.64. The van der Waals surface area contributed by atoms with E-state index >= 15 is 0 Å². The van der Waals surface area contributed by atoms with Crippen LogP contribution >= 0.6 is 0 Å². The van der Waals surface area contributed by atoms with Gasteiger partial charge in [-0.05, 0) is 49.7 Å². The lowest BCUT2D eigenvalue weighted by Crippen LogP contribution is -2.87. The Balaban J connectivity index is 1.63. The molecule has 3 aromatic carbocycles. The number of carbonyl (C=O) groups is 2. The highest BCUT2D eigenvalue weighted by molar-refractivity contribution is 6.01. The van der Waals surface area contributed by atoms with Gasteiger partial charge in [0.1, 0.15) is 11.8 Å². The number of aryl methyl sites for hydroxylation is 2. The lowest BCUT2D eigenvalue weighted by atomic mass is 9.98. The molecule has 6 nitrogen and oxygen atoms in total. The van der Waals surface area contributed by atoms with Crippen molar-refractivity contribution < 1.29 is 19.6 Å². The molecule has 0 heterocycles. The quantitative estimate of drug-likeness (QED) is 0.550. The topological polar surface area (TPSA) is 84.0 Å². The average Bonchev–Trinajstić information content (AvgIpc) is 2.77. The highest BCUT2D eigenvalue weighted by atomic mass is 16.5. The molecular formula is C25H28N3O3+. The summed E-state index contributed by atoms with van der Waals surface area (Å²) in [6, 6.07) is 22.8. The number of ether oxygens (including phenoxy) is 1. The van der Waals surface area contributed by atoms with Gasteiger partial charge in [0.05, 0.1) is 7.11 Å². The molecule has 0 aromatic heterocycles. The summed E-state index contributed by atoms with van der Waals surface area (Å²) in [5.41, 5.74) is 4.84. The van der Waals surface area contributed by atoms with Crippen LogP contribution in [0.5, 0.6) is 5.75 Å². The van der Waals surface area contributed by atoms with Crippen molar-refractivity contribution in [3.63, 3.8) is 0 Å². The van der Waals surface area contributed by atoms with Gasteiger partial charge in [-0.25, -0.2) is 4.79 Å². The van der Waals surface area contributed by atoms with Crippen molar-refractivity contribution in [2.24, 2.45) is 0 Å². The van der Waals surface area contributed by atoms with Crippen molar-refractivity contribution in [2.45, 2.75) is 19.9 Å². The summed E-state index contributed by atoms with van der Waals surface area (Å²) in [6.45, 7) is 4.01. The van der Waals surface area contributed by atoms with Crippen molar-refractivity contribution in [1.82, 2.24) is 5.32 Å². The van der Waals surface area contributed by atoms with Crippen LogP contribution in [-0.4, -0.2) is 25.6 Å². The molecule has 4 N–H and O–H groups in total. The van der Waals surface area contributed by atoms with E-state index in [2.05, 4.69) is 10.6 Å². The maximum Gasteiger partial charge on any atom is 0.326 e. The highest BCUT2D eigenvalue weighted by Crippen LogP contribution is 2.21. The minimum Gasteiger partial charge on any atom is -0.497 e. The number of rotatable bonds is 7. The van der Waals surface area contributed by atoms with E-state index < -0.39 is 6.03 Å². The fraction of sp³-hybridized carbons (Fsp3) is 0.200. The molecule has 0 aliphatic carbocycles. The molecule has 0 radical (unpaired) electrons. The second kappa shape index (κ2) is 10.4. The lowest BCUT2D eigenvalue weighted by Gasteiger charge is -2.17. The van der Waals surface area contributed by atoms with Gasteiger partial charge in [-0.2, -0.15) is 0 Å². The van der Waals surface area contributed by atoms with Gasteiger partial charge >= 0.3 is 6.03 Å². The molecule has 0 saturated carbocycles. The molecule has 0 aliphatic rings. The van der Waals surface area contributed by atoms with Crippen LogP contribution in [0.2, 0.25) is 0 Å². The zero-order chi connectivity index (χ0) is 22.2. The summed E-state index contributed by atoms with van der Waals surface area (Å²) in [5, 5.41) is 7.05. The molecule has 160 valence electrons. The standard InChI is InChI=1S/C25H27N3O3/c1-17-9-14-22(18(2)15-17)27-25(30)28-23(29)16-26-24(19-7-5-4-6-8-19)20-10-12-21(31-3)13-11-20/h4-15,24,26H,16H2,1-3H3,(H2,27,28,29,30)/p+1/t24-/m0/s1. The second-order valence-electron chi connectivity index (χ2n) is 7.42. The van der Waals surface area contributed by atoms with E-state index in [4.69, 9.17) is 4.74 Å². The summed E-state index contributed by atoms with van der Waals surface area (Å²) in [6.07, 6.45) is 0. The largest absolute Gasteiger partial charge is 0.497 e. The number of imide groups is 1. The van der Waals surface area contributed by atoms with E-state index in [-0.39, 0.29) is 18.5 Å². The van der Waals surface area contributed by atoms with Gasteiger partial charge in [0.25, 0.3) is 5.91 Å². The van der Waals surface area contributed by atoms with Gasteiger partial charge in [-0.1, -0.05) is 48.0 Å². The zero-order valence-corrected chi connectivity index (χ0v) is 18.0. The molecule has 0 aliphatic heterocycles. The van der Waals surface area contributed by atoms with Crippen LogP contribution in [0, 0.1) is 13.8 Å². The van der Waals surface area contributed by atoms with Crippen molar-refractivity contribution in [3.8, 4) is 5.75 Å². The number of amides is 3. The first kappa shape index (κ1) is 22.1. The summed E-state index contributed by atoms with van der Waals surface area (Å²) in [7, 11) is 1.63. The number of hydrogen-bond donors (Lipinski definition) is 3. The van der Waals surface area contributed by atoms with Crippen LogP contribution in [-0.2, 0) is 4.79 Å². The summed E-state index contributed by atoms with van der Waals surface area (Å²) in [4.78, 5) is 24.7. The third-order valence-corrected chi connectivity index (χ3v) is 5.06. The van der Waals surface area contributed by atoms with Gasteiger partial charge in [-0.3, -0.25) is 10.1 Å². The Morgan fingerprint density at radius 3 is 2.26 bits per heavy atom. The van der Waals surface area contributed by atoms with E-state index in [1.165, 1.54) is 0 Å². The van der Waals surface area contributed by atoms with E-state index in [0.717, 1.165) is 28.0 Å². The van der Waals surface area contributed by atoms with Crippen molar-refractivity contribution in [1.29, 1.82) is 0 Å². The number of urea groups is 1. The highest BCUT2D eigenvalue weighted by Gasteiger charge is 2.20. The smallest absolute Gasteiger partial charge is 0.326 e.